The molecule has 1 aromatic carbocycles. The number of carboxylic acids is 1. The number of para-hydroxylation sites is 1. The van der Waals surface area contributed by atoms with Crippen LogP contribution in [0.1, 0.15) is 18.4 Å². The van der Waals surface area contributed by atoms with E-state index in [0.29, 0.717) is 19.4 Å². The van der Waals surface area contributed by atoms with Gasteiger partial charge in [0.2, 0.25) is 5.91 Å². The number of carbonyl (C=O) groups is 2. The van der Waals surface area contributed by atoms with Crippen LogP contribution in [-0.4, -0.2) is 29.6 Å². The molecular weight excluding hydrogens is 232 g/mol. The highest BCUT2D eigenvalue weighted by Gasteiger charge is 2.25. The van der Waals surface area contributed by atoms with Gasteiger partial charge < -0.3 is 15.7 Å². The molecule has 96 valence electrons. The molecule has 1 amide bonds. The first-order valence-corrected chi connectivity index (χ1v) is 6.01. The van der Waals surface area contributed by atoms with Crippen molar-refractivity contribution in [3.05, 3.63) is 29.8 Å². The van der Waals surface area contributed by atoms with E-state index in [4.69, 9.17) is 5.11 Å². The molecule has 0 aliphatic carbocycles. The van der Waals surface area contributed by atoms with E-state index in [0.717, 1.165) is 11.3 Å². The average molecular weight is 248 g/mol. The van der Waals surface area contributed by atoms with Gasteiger partial charge in [-0.2, -0.15) is 0 Å². The average Bonchev–Trinajstić information content (AvgIpc) is 2.78. The molecule has 5 heteroatoms. The quantitative estimate of drug-likeness (QED) is 0.679. The zero-order valence-corrected chi connectivity index (χ0v) is 9.98. The van der Waals surface area contributed by atoms with E-state index in [9.17, 15) is 9.59 Å². The first kappa shape index (κ1) is 12.4. The Labute approximate surface area is 105 Å². The van der Waals surface area contributed by atoms with Crippen LogP contribution in [0.4, 0.5) is 5.69 Å². The van der Waals surface area contributed by atoms with E-state index >= 15 is 0 Å². The predicted octanol–water partition coefficient (Wildman–Crippen LogP) is 1.00. The van der Waals surface area contributed by atoms with Crippen LogP contribution in [0.25, 0.3) is 0 Å². The Morgan fingerprint density at radius 2 is 2.17 bits per heavy atom. The third-order valence-corrected chi connectivity index (χ3v) is 2.95. The van der Waals surface area contributed by atoms with Crippen molar-refractivity contribution in [2.75, 3.05) is 11.9 Å². The molecular formula is C13H16N2O3. The lowest BCUT2D eigenvalue weighted by molar-refractivity contribution is -0.137. The standard InChI is InChI=1S/C13H16N2O3/c16-12(17)6-3-7-14-13(18)11-8-9-4-1-2-5-10(9)15-11/h1-2,4-5,11,15H,3,6-8H2,(H,14,18)(H,16,17). The minimum atomic E-state index is -0.837. The second-order valence-corrected chi connectivity index (χ2v) is 4.35. The third-order valence-electron chi connectivity index (χ3n) is 2.95. The summed E-state index contributed by atoms with van der Waals surface area (Å²) in [4.78, 5) is 22.2. The van der Waals surface area contributed by atoms with Gasteiger partial charge in [0.1, 0.15) is 6.04 Å². The number of carboxylic acid groups (broad SMARTS) is 1. The monoisotopic (exact) mass is 248 g/mol. The van der Waals surface area contributed by atoms with Crippen LogP contribution in [0.5, 0.6) is 0 Å². The molecule has 1 aliphatic rings. The van der Waals surface area contributed by atoms with E-state index in [1.54, 1.807) is 0 Å². The Morgan fingerprint density at radius 1 is 1.39 bits per heavy atom. The summed E-state index contributed by atoms with van der Waals surface area (Å²) >= 11 is 0. The molecule has 1 aromatic rings. The summed E-state index contributed by atoms with van der Waals surface area (Å²) in [5, 5.41) is 14.4. The van der Waals surface area contributed by atoms with Crippen molar-refractivity contribution < 1.29 is 14.7 Å². The first-order valence-electron chi connectivity index (χ1n) is 6.01. The molecule has 18 heavy (non-hydrogen) atoms. The van der Waals surface area contributed by atoms with Crippen molar-refractivity contribution in [2.45, 2.75) is 25.3 Å². The Kier molecular flexibility index (Phi) is 3.82. The summed E-state index contributed by atoms with van der Waals surface area (Å²) < 4.78 is 0. The number of benzene rings is 1. The van der Waals surface area contributed by atoms with E-state index in [1.165, 1.54) is 0 Å². The molecule has 0 radical (unpaired) electrons. The molecule has 0 aromatic heterocycles. The largest absolute Gasteiger partial charge is 0.481 e. The maximum Gasteiger partial charge on any atom is 0.303 e. The van der Waals surface area contributed by atoms with Crippen LogP contribution in [0.2, 0.25) is 0 Å². The summed E-state index contributed by atoms with van der Waals surface area (Å²) in [7, 11) is 0. The van der Waals surface area contributed by atoms with E-state index in [2.05, 4.69) is 10.6 Å². The SMILES string of the molecule is O=C(O)CCCNC(=O)C1Cc2ccccc2N1. The molecule has 0 saturated heterocycles. The number of hydrogen-bond donors (Lipinski definition) is 3. The van der Waals surface area contributed by atoms with Crippen molar-refractivity contribution in [2.24, 2.45) is 0 Å². The molecule has 1 aliphatic heterocycles. The molecule has 1 atom stereocenters. The number of amides is 1. The number of carbonyl (C=O) groups excluding carboxylic acids is 1. The van der Waals surface area contributed by atoms with Gasteiger partial charge in [-0.1, -0.05) is 18.2 Å². The van der Waals surface area contributed by atoms with Crippen molar-refractivity contribution >= 4 is 17.6 Å². The van der Waals surface area contributed by atoms with Gasteiger partial charge in [0, 0.05) is 25.1 Å². The second-order valence-electron chi connectivity index (χ2n) is 4.35. The third kappa shape index (κ3) is 3.00. The normalized spacial score (nSPS) is 16.8. The topological polar surface area (TPSA) is 78.4 Å². The van der Waals surface area contributed by atoms with E-state index in [1.807, 2.05) is 24.3 Å². The number of anilines is 1. The smallest absolute Gasteiger partial charge is 0.303 e. The summed E-state index contributed by atoms with van der Waals surface area (Å²) in [5.41, 5.74) is 2.14. The fourth-order valence-corrected chi connectivity index (χ4v) is 2.03. The number of fused-ring (bicyclic) bond motifs is 1. The molecule has 2 rings (SSSR count). The van der Waals surface area contributed by atoms with Gasteiger partial charge in [-0.05, 0) is 18.1 Å². The number of rotatable bonds is 5. The highest BCUT2D eigenvalue weighted by Crippen LogP contribution is 2.24. The molecule has 3 N–H and O–H groups in total. The maximum atomic E-state index is 11.8. The predicted molar refractivity (Wildman–Crippen MR) is 67.4 cm³/mol. The summed E-state index contributed by atoms with van der Waals surface area (Å²) in [6.45, 7) is 0.402. The number of hydrogen-bond acceptors (Lipinski definition) is 3. The molecule has 0 fully saturated rings. The lowest BCUT2D eigenvalue weighted by atomic mass is 10.1. The molecule has 0 saturated carbocycles. The zero-order valence-electron chi connectivity index (χ0n) is 9.98. The molecule has 1 heterocycles. The Morgan fingerprint density at radius 3 is 2.89 bits per heavy atom. The van der Waals surface area contributed by atoms with Crippen LogP contribution < -0.4 is 10.6 Å². The fourth-order valence-electron chi connectivity index (χ4n) is 2.03. The minimum Gasteiger partial charge on any atom is -0.481 e. The number of nitrogens with one attached hydrogen (secondary N) is 2. The van der Waals surface area contributed by atoms with Crippen molar-refractivity contribution in [1.29, 1.82) is 0 Å². The minimum absolute atomic E-state index is 0.0726. The fraction of sp³-hybridized carbons (Fsp3) is 0.385. The van der Waals surface area contributed by atoms with Crippen molar-refractivity contribution in [1.82, 2.24) is 5.32 Å². The van der Waals surface area contributed by atoms with Crippen molar-refractivity contribution in [3.8, 4) is 0 Å². The second kappa shape index (κ2) is 5.53. The van der Waals surface area contributed by atoms with Gasteiger partial charge >= 0.3 is 5.97 Å². The van der Waals surface area contributed by atoms with Crippen LogP contribution in [-0.2, 0) is 16.0 Å². The Hall–Kier alpha value is -2.04. The molecule has 5 nitrogen and oxygen atoms in total. The van der Waals surface area contributed by atoms with Gasteiger partial charge in [-0.25, -0.2) is 0 Å². The van der Waals surface area contributed by atoms with Crippen LogP contribution in [0, 0.1) is 0 Å². The molecule has 1 unspecified atom stereocenters. The van der Waals surface area contributed by atoms with Crippen molar-refractivity contribution in [3.63, 3.8) is 0 Å². The lowest BCUT2D eigenvalue weighted by Gasteiger charge is -2.11. The van der Waals surface area contributed by atoms with E-state index in [-0.39, 0.29) is 18.4 Å². The Balaban J connectivity index is 1.77. The first-order chi connectivity index (χ1) is 8.66. The lowest BCUT2D eigenvalue weighted by Crippen LogP contribution is -2.38. The van der Waals surface area contributed by atoms with Crippen LogP contribution in [0.3, 0.4) is 0 Å². The highest BCUT2D eigenvalue weighted by molar-refractivity contribution is 5.87. The zero-order chi connectivity index (χ0) is 13.0. The van der Waals surface area contributed by atoms with Gasteiger partial charge in [-0.15, -0.1) is 0 Å². The van der Waals surface area contributed by atoms with Gasteiger partial charge in [0.05, 0.1) is 0 Å². The summed E-state index contributed by atoms with van der Waals surface area (Å²) in [5.74, 6) is -0.910. The summed E-state index contributed by atoms with van der Waals surface area (Å²) in [6, 6.07) is 7.59. The highest BCUT2D eigenvalue weighted by atomic mass is 16.4. The molecule has 0 spiro atoms. The maximum absolute atomic E-state index is 11.8. The Bertz CT molecular complexity index is 434. The van der Waals surface area contributed by atoms with Gasteiger partial charge in [0.25, 0.3) is 0 Å². The van der Waals surface area contributed by atoms with Gasteiger partial charge in [-0.3, -0.25) is 9.59 Å². The number of aliphatic carboxylic acids is 1. The summed E-state index contributed by atoms with van der Waals surface area (Å²) in [6.07, 6.45) is 1.22. The van der Waals surface area contributed by atoms with E-state index < -0.39 is 5.97 Å². The van der Waals surface area contributed by atoms with Crippen LogP contribution in [0.15, 0.2) is 24.3 Å². The van der Waals surface area contributed by atoms with Gasteiger partial charge in [0.15, 0.2) is 0 Å². The molecule has 0 bridgehead atoms. The van der Waals surface area contributed by atoms with Crippen LogP contribution >= 0.6 is 0 Å².